The lowest BCUT2D eigenvalue weighted by Crippen LogP contribution is -2.56. The molecule has 4 N–H and O–H groups in total. The largest absolute Gasteiger partial charge is 0.395 e. The lowest BCUT2D eigenvalue weighted by molar-refractivity contribution is 0.00238. The summed E-state index contributed by atoms with van der Waals surface area (Å²) < 4.78 is 28.2. The van der Waals surface area contributed by atoms with E-state index >= 15 is 0 Å². The molecule has 1 aliphatic rings. The molecule has 0 amide bonds. The van der Waals surface area contributed by atoms with Crippen LogP contribution in [0, 0.1) is 24.5 Å². The van der Waals surface area contributed by atoms with Crippen LogP contribution in [0.4, 0.5) is 26.1 Å². The molecule has 1 fully saturated rings. The monoisotopic (exact) mass is 444 g/mol. The van der Waals surface area contributed by atoms with Crippen molar-refractivity contribution >= 4 is 17.3 Å². The van der Waals surface area contributed by atoms with Gasteiger partial charge in [-0.25, -0.2) is 13.5 Å². The van der Waals surface area contributed by atoms with E-state index in [2.05, 4.69) is 25.6 Å². The van der Waals surface area contributed by atoms with Gasteiger partial charge in [-0.15, -0.1) is 5.10 Å². The van der Waals surface area contributed by atoms with Gasteiger partial charge in [0.15, 0.2) is 0 Å². The summed E-state index contributed by atoms with van der Waals surface area (Å²) in [6, 6.07) is 8.91. The third-order valence-electron chi connectivity index (χ3n) is 5.46. The number of benzene rings is 2. The Labute approximate surface area is 184 Å². The normalized spacial score (nSPS) is 14.6. The molecule has 0 radical (unpaired) electrons. The standard InChI is InChI=1S/C22H26F2N6O2/c1-14-2-18(25-8-15-9-29(10-15)21(11-31)12-32)7-19(3-14)27-22-26-13-30(28-22)20-5-16(23)4-17(24)6-20/h2-7,13,15,21,25,31-32H,8-12H2,1H3,(H,27,28). The summed E-state index contributed by atoms with van der Waals surface area (Å²) in [6.07, 6.45) is 1.39. The lowest BCUT2D eigenvalue weighted by atomic mass is 9.97. The molecule has 32 heavy (non-hydrogen) atoms. The molecule has 170 valence electrons. The van der Waals surface area contributed by atoms with E-state index in [1.165, 1.54) is 23.1 Å². The number of aryl methyl sites for hydroxylation is 1. The number of hydrogen-bond acceptors (Lipinski definition) is 7. The highest BCUT2D eigenvalue weighted by molar-refractivity contribution is 5.63. The third-order valence-corrected chi connectivity index (χ3v) is 5.46. The van der Waals surface area contributed by atoms with Crippen LogP contribution in [0.1, 0.15) is 5.56 Å². The van der Waals surface area contributed by atoms with Gasteiger partial charge in [0.2, 0.25) is 5.95 Å². The van der Waals surface area contributed by atoms with Gasteiger partial charge in [-0.05, 0) is 42.8 Å². The molecule has 2 aromatic carbocycles. The van der Waals surface area contributed by atoms with Crippen molar-refractivity contribution in [2.24, 2.45) is 5.92 Å². The van der Waals surface area contributed by atoms with Crippen LogP contribution >= 0.6 is 0 Å². The molecule has 0 aliphatic carbocycles. The van der Waals surface area contributed by atoms with E-state index in [4.69, 9.17) is 0 Å². The predicted octanol–water partition coefficient (Wildman–Crippen LogP) is 2.29. The first kappa shape index (κ1) is 22.1. The van der Waals surface area contributed by atoms with Crippen LogP contribution in [0.5, 0.6) is 0 Å². The quantitative estimate of drug-likeness (QED) is 0.402. The highest BCUT2D eigenvalue weighted by atomic mass is 19.1. The molecule has 1 aromatic heterocycles. The van der Waals surface area contributed by atoms with Gasteiger partial charge in [0.05, 0.1) is 24.9 Å². The van der Waals surface area contributed by atoms with E-state index < -0.39 is 11.6 Å². The predicted molar refractivity (Wildman–Crippen MR) is 117 cm³/mol. The molecule has 8 nitrogen and oxygen atoms in total. The van der Waals surface area contributed by atoms with Crippen LogP contribution in [-0.2, 0) is 0 Å². The second-order valence-electron chi connectivity index (χ2n) is 8.07. The van der Waals surface area contributed by atoms with E-state index in [1.807, 2.05) is 25.1 Å². The van der Waals surface area contributed by atoms with Gasteiger partial charge in [-0.3, -0.25) is 4.90 Å². The Morgan fingerprint density at radius 2 is 1.72 bits per heavy atom. The summed E-state index contributed by atoms with van der Waals surface area (Å²) in [6.45, 7) is 4.34. The second-order valence-corrected chi connectivity index (χ2v) is 8.07. The number of aliphatic hydroxyl groups is 2. The third kappa shape index (κ3) is 5.21. The SMILES string of the molecule is Cc1cc(NCC2CN(C(CO)CO)C2)cc(Nc2ncn(-c3cc(F)cc(F)c3)n2)c1. The van der Waals surface area contributed by atoms with E-state index in [0.29, 0.717) is 11.9 Å². The molecule has 0 bridgehead atoms. The smallest absolute Gasteiger partial charge is 0.246 e. The fourth-order valence-electron chi connectivity index (χ4n) is 3.79. The van der Waals surface area contributed by atoms with Crippen molar-refractivity contribution in [1.82, 2.24) is 19.7 Å². The highest BCUT2D eigenvalue weighted by Crippen LogP contribution is 2.24. The number of rotatable bonds is 9. The fourth-order valence-corrected chi connectivity index (χ4v) is 3.79. The maximum Gasteiger partial charge on any atom is 0.246 e. The molecular weight excluding hydrogens is 418 g/mol. The number of aromatic nitrogens is 3. The first-order valence-corrected chi connectivity index (χ1v) is 10.4. The van der Waals surface area contributed by atoms with Crippen molar-refractivity contribution in [3.8, 4) is 5.69 Å². The van der Waals surface area contributed by atoms with Crippen molar-refractivity contribution < 1.29 is 19.0 Å². The van der Waals surface area contributed by atoms with Gasteiger partial charge in [-0.2, -0.15) is 4.98 Å². The first-order valence-electron chi connectivity index (χ1n) is 10.4. The molecular formula is C22H26F2N6O2. The van der Waals surface area contributed by atoms with Crippen LogP contribution < -0.4 is 10.6 Å². The Morgan fingerprint density at radius 1 is 1.03 bits per heavy atom. The first-order chi connectivity index (χ1) is 15.4. The average Bonchev–Trinajstić information content (AvgIpc) is 3.17. The number of anilines is 3. The van der Waals surface area contributed by atoms with Gasteiger partial charge >= 0.3 is 0 Å². The molecule has 0 saturated carbocycles. The lowest BCUT2D eigenvalue weighted by Gasteiger charge is -2.43. The van der Waals surface area contributed by atoms with Crippen LogP contribution in [-0.4, -0.2) is 68.8 Å². The molecule has 1 saturated heterocycles. The second kappa shape index (κ2) is 9.60. The molecule has 0 spiro atoms. The Kier molecular flexibility index (Phi) is 6.63. The highest BCUT2D eigenvalue weighted by Gasteiger charge is 2.31. The Morgan fingerprint density at radius 3 is 2.41 bits per heavy atom. The van der Waals surface area contributed by atoms with Crippen molar-refractivity contribution in [3.63, 3.8) is 0 Å². The van der Waals surface area contributed by atoms with E-state index in [-0.39, 0.29) is 24.9 Å². The van der Waals surface area contributed by atoms with Gasteiger partial charge in [0.25, 0.3) is 0 Å². The minimum Gasteiger partial charge on any atom is -0.395 e. The minimum atomic E-state index is -0.683. The summed E-state index contributed by atoms with van der Waals surface area (Å²) in [5.41, 5.74) is 3.01. The molecule has 0 atom stereocenters. The Hall–Kier alpha value is -3.08. The zero-order valence-corrected chi connectivity index (χ0v) is 17.7. The van der Waals surface area contributed by atoms with Crippen molar-refractivity contribution in [1.29, 1.82) is 0 Å². The number of hydrogen-bond donors (Lipinski definition) is 4. The molecule has 0 unspecified atom stereocenters. The van der Waals surface area contributed by atoms with Crippen LogP contribution in [0.25, 0.3) is 5.69 Å². The van der Waals surface area contributed by atoms with Crippen LogP contribution in [0.2, 0.25) is 0 Å². The van der Waals surface area contributed by atoms with Gasteiger partial charge in [-0.1, -0.05) is 0 Å². The van der Waals surface area contributed by atoms with Crippen molar-refractivity contribution in [2.45, 2.75) is 13.0 Å². The summed E-state index contributed by atoms with van der Waals surface area (Å²) >= 11 is 0. The Balaban J connectivity index is 1.37. The summed E-state index contributed by atoms with van der Waals surface area (Å²) in [5, 5.41) is 29.3. The molecule has 2 heterocycles. The number of halogens is 2. The van der Waals surface area contributed by atoms with Crippen molar-refractivity contribution in [3.05, 3.63) is 59.9 Å². The Bertz CT molecular complexity index is 1050. The van der Waals surface area contributed by atoms with Crippen LogP contribution in [0.15, 0.2) is 42.7 Å². The zero-order chi connectivity index (χ0) is 22.7. The number of nitrogens with zero attached hydrogens (tertiary/aromatic N) is 4. The maximum absolute atomic E-state index is 13.5. The minimum absolute atomic E-state index is 0.0402. The molecule has 10 heteroatoms. The van der Waals surface area contributed by atoms with E-state index in [1.54, 1.807) is 0 Å². The van der Waals surface area contributed by atoms with E-state index in [0.717, 1.165) is 42.6 Å². The summed E-state index contributed by atoms with van der Waals surface area (Å²) in [4.78, 5) is 6.24. The molecule has 4 rings (SSSR count). The average molecular weight is 444 g/mol. The topological polar surface area (TPSA) is 98.5 Å². The van der Waals surface area contributed by atoms with Gasteiger partial charge in [0.1, 0.15) is 18.0 Å². The number of nitrogens with one attached hydrogen (secondary N) is 2. The van der Waals surface area contributed by atoms with Gasteiger partial charge < -0.3 is 20.8 Å². The number of likely N-dealkylation sites (tertiary alicyclic amines) is 1. The fraction of sp³-hybridized carbons (Fsp3) is 0.364. The van der Waals surface area contributed by atoms with Crippen LogP contribution in [0.3, 0.4) is 0 Å². The number of aliphatic hydroxyl groups excluding tert-OH is 2. The molecule has 3 aromatic rings. The van der Waals surface area contributed by atoms with Gasteiger partial charge in [0, 0.05) is 43.0 Å². The summed E-state index contributed by atoms with van der Waals surface area (Å²) in [5.74, 6) is -0.620. The van der Waals surface area contributed by atoms with E-state index in [9.17, 15) is 19.0 Å². The molecule has 1 aliphatic heterocycles. The van der Waals surface area contributed by atoms with Crippen molar-refractivity contribution in [2.75, 3.05) is 43.5 Å². The maximum atomic E-state index is 13.5. The summed E-state index contributed by atoms with van der Waals surface area (Å²) in [7, 11) is 0. The zero-order valence-electron chi connectivity index (χ0n) is 17.7.